The number of hydrogen-bond donors (Lipinski definition) is 1. The number of hydrogen-bond acceptors (Lipinski definition) is 2. The molecule has 0 saturated carbocycles. The van der Waals surface area contributed by atoms with E-state index >= 15 is 0 Å². The highest BCUT2D eigenvalue weighted by Crippen LogP contribution is 2.35. The van der Waals surface area contributed by atoms with Crippen LogP contribution in [-0.2, 0) is 17.6 Å². The smallest absolute Gasteiger partial charge is 0.303 e. The summed E-state index contributed by atoms with van der Waals surface area (Å²) in [5, 5.41) is 17.4. The Bertz CT molecular complexity index is 459. The van der Waals surface area contributed by atoms with Gasteiger partial charge in [-0.05, 0) is 35.4 Å². The highest BCUT2D eigenvalue weighted by atomic mass is 16.4. The van der Waals surface area contributed by atoms with Crippen molar-refractivity contribution < 1.29 is 9.90 Å². The Hall–Kier alpha value is -1.82. The van der Waals surface area contributed by atoms with Gasteiger partial charge in [0, 0.05) is 0 Å². The number of fused-ring (bicyclic) bond motifs is 1. The lowest BCUT2D eigenvalue weighted by molar-refractivity contribution is -0.137. The predicted octanol–water partition coefficient (Wildman–Crippen LogP) is 2.26. The van der Waals surface area contributed by atoms with Crippen molar-refractivity contribution in [3.05, 3.63) is 34.9 Å². The average molecular weight is 215 g/mol. The van der Waals surface area contributed by atoms with Crippen LogP contribution in [0.25, 0.3) is 0 Å². The molecule has 0 unspecified atom stereocenters. The molecule has 82 valence electrons. The second-order valence-electron chi connectivity index (χ2n) is 4.20. The lowest BCUT2D eigenvalue weighted by Gasteiger charge is -2.08. The summed E-state index contributed by atoms with van der Waals surface area (Å²) >= 11 is 0. The van der Waals surface area contributed by atoms with Gasteiger partial charge in [0.25, 0.3) is 0 Å². The Labute approximate surface area is 94.3 Å². The molecule has 0 bridgehead atoms. The Balaban J connectivity index is 2.22. The fourth-order valence-corrected chi connectivity index (χ4v) is 2.38. The van der Waals surface area contributed by atoms with Crippen LogP contribution in [0.5, 0.6) is 0 Å². The number of aliphatic carboxylic acids is 1. The molecule has 2 rings (SSSR count). The first kappa shape index (κ1) is 10.7. The van der Waals surface area contributed by atoms with Crippen LogP contribution in [0.4, 0.5) is 0 Å². The molecule has 1 aromatic carbocycles. The van der Waals surface area contributed by atoms with E-state index in [0.717, 1.165) is 24.0 Å². The van der Waals surface area contributed by atoms with E-state index in [2.05, 4.69) is 6.07 Å². The molecule has 16 heavy (non-hydrogen) atoms. The number of carboxylic acid groups (broad SMARTS) is 1. The number of benzene rings is 1. The van der Waals surface area contributed by atoms with Crippen LogP contribution in [0.3, 0.4) is 0 Å². The van der Waals surface area contributed by atoms with Gasteiger partial charge < -0.3 is 5.11 Å². The lowest BCUT2D eigenvalue weighted by Crippen LogP contribution is -2.03. The molecule has 0 heterocycles. The second kappa shape index (κ2) is 4.36. The van der Waals surface area contributed by atoms with Gasteiger partial charge in [-0.25, -0.2) is 0 Å². The van der Waals surface area contributed by atoms with Gasteiger partial charge in [-0.3, -0.25) is 4.79 Å². The predicted molar refractivity (Wildman–Crippen MR) is 59.1 cm³/mol. The topological polar surface area (TPSA) is 61.1 Å². The second-order valence-corrected chi connectivity index (χ2v) is 4.20. The molecule has 0 aromatic heterocycles. The van der Waals surface area contributed by atoms with Gasteiger partial charge in [0.15, 0.2) is 0 Å². The SMILES string of the molecule is N#CCc1ccc2c(c1)CC[C@@H]2CC(=O)O. The third-order valence-electron chi connectivity index (χ3n) is 3.11. The van der Waals surface area contributed by atoms with Crippen LogP contribution >= 0.6 is 0 Å². The Morgan fingerprint density at radius 2 is 2.38 bits per heavy atom. The fraction of sp³-hybridized carbons (Fsp3) is 0.385. The zero-order chi connectivity index (χ0) is 11.5. The summed E-state index contributed by atoms with van der Waals surface area (Å²) in [5.74, 6) is -0.581. The van der Waals surface area contributed by atoms with Gasteiger partial charge in [-0.2, -0.15) is 5.26 Å². The van der Waals surface area contributed by atoms with Crippen LogP contribution in [0.2, 0.25) is 0 Å². The third-order valence-corrected chi connectivity index (χ3v) is 3.11. The Kier molecular flexibility index (Phi) is 2.91. The number of aryl methyl sites for hydroxylation is 1. The van der Waals surface area contributed by atoms with Gasteiger partial charge in [0.05, 0.1) is 18.9 Å². The Morgan fingerprint density at radius 1 is 1.56 bits per heavy atom. The van der Waals surface area contributed by atoms with Crippen molar-refractivity contribution in [2.75, 3.05) is 0 Å². The summed E-state index contributed by atoms with van der Waals surface area (Å²) in [4.78, 5) is 10.7. The van der Waals surface area contributed by atoms with Crippen LogP contribution in [0.15, 0.2) is 18.2 Å². The fourth-order valence-electron chi connectivity index (χ4n) is 2.38. The van der Waals surface area contributed by atoms with Crippen molar-refractivity contribution >= 4 is 5.97 Å². The van der Waals surface area contributed by atoms with Gasteiger partial charge >= 0.3 is 5.97 Å². The van der Waals surface area contributed by atoms with Gasteiger partial charge in [0.1, 0.15) is 0 Å². The first-order valence-electron chi connectivity index (χ1n) is 5.41. The molecular formula is C13H13NO2. The highest BCUT2D eigenvalue weighted by Gasteiger charge is 2.24. The number of carbonyl (C=O) groups is 1. The average Bonchev–Trinajstić information content (AvgIpc) is 2.61. The third kappa shape index (κ3) is 2.06. The van der Waals surface area contributed by atoms with E-state index in [0.29, 0.717) is 6.42 Å². The molecule has 3 nitrogen and oxygen atoms in total. The standard InChI is InChI=1S/C13H13NO2/c14-6-5-9-1-4-12-10(7-9)2-3-11(12)8-13(15)16/h1,4,7,11H,2-3,5,8H2,(H,15,16)/t11-/m1/s1. The molecule has 0 aliphatic heterocycles. The quantitative estimate of drug-likeness (QED) is 0.841. The molecule has 1 aliphatic carbocycles. The largest absolute Gasteiger partial charge is 0.481 e. The van der Waals surface area contributed by atoms with Gasteiger partial charge in [-0.1, -0.05) is 18.2 Å². The zero-order valence-electron chi connectivity index (χ0n) is 8.94. The molecule has 3 heteroatoms. The molecule has 1 aromatic rings. The number of nitrogens with zero attached hydrogens (tertiary/aromatic N) is 1. The number of nitriles is 1. The molecule has 0 radical (unpaired) electrons. The molecule has 1 atom stereocenters. The van der Waals surface area contributed by atoms with Crippen molar-refractivity contribution in [3.63, 3.8) is 0 Å². The van der Waals surface area contributed by atoms with Crippen molar-refractivity contribution in [2.45, 2.75) is 31.6 Å². The van der Waals surface area contributed by atoms with Crippen LogP contribution < -0.4 is 0 Å². The monoisotopic (exact) mass is 215 g/mol. The molecular weight excluding hydrogens is 202 g/mol. The summed E-state index contributed by atoms with van der Waals surface area (Å²) in [5.41, 5.74) is 3.40. The highest BCUT2D eigenvalue weighted by molar-refractivity contribution is 5.68. The lowest BCUT2D eigenvalue weighted by atomic mass is 9.96. The van der Waals surface area contributed by atoms with E-state index in [1.54, 1.807) is 0 Å². The van der Waals surface area contributed by atoms with Gasteiger partial charge in [0.2, 0.25) is 0 Å². The van der Waals surface area contributed by atoms with Crippen LogP contribution in [-0.4, -0.2) is 11.1 Å². The minimum Gasteiger partial charge on any atom is -0.481 e. The van der Waals surface area contributed by atoms with E-state index in [1.807, 2.05) is 18.2 Å². The molecule has 0 spiro atoms. The molecule has 0 fully saturated rings. The normalized spacial score (nSPS) is 17.8. The zero-order valence-corrected chi connectivity index (χ0v) is 8.94. The molecule has 0 saturated heterocycles. The van der Waals surface area contributed by atoms with Crippen LogP contribution in [0, 0.1) is 11.3 Å². The Morgan fingerprint density at radius 3 is 3.06 bits per heavy atom. The minimum absolute atomic E-state index is 0.156. The van der Waals surface area contributed by atoms with Crippen molar-refractivity contribution in [3.8, 4) is 6.07 Å². The van der Waals surface area contributed by atoms with Crippen molar-refractivity contribution in [1.82, 2.24) is 0 Å². The first-order valence-corrected chi connectivity index (χ1v) is 5.41. The maximum atomic E-state index is 10.7. The number of carboxylic acids is 1. The summed E-state index contributed by atoms with van der Waals surface area (Å²) in [6.45, 7) is 0. The van der Waals surface area contributed by atoms with E-state index in [9.17, 15) is 4.79 Å². The summed E-state index contributed by atoms with van der Waals surface area (Å²) in [6.07, 6.45) is 2.49. The number of rotatable bonds is 3. The van der Waals surface area contributed by atoms with E-state index in [1.165, 1.54) is 5.56 Å². The molecule has 1 aliphatic rings. The minimum atomic E-state index is -0.737. The molecule has 1 N–H and O–H groups in total. The maximum Gasteiger partial charge on any atom is 0.303 e. The summed E-state index contributed by atoms with van der Waals surface area (Å²) in [7, 11) is 0. The first-order chi connectivity index (χ1) is 7.70. The van der Waals surface area contributed by atoms with Crippen molar-refractivity contribution in [1.29, 1.82) is 5.26 Å². The maximum absolute atomic E-state index is 10.7. The van der Waals surface area contributed by atoms with Crippen LogP contribution in [0.1, 0.15) is 35.4 Å². The van der Waals surface area contributed by atoms with E-state index in [-0.39, 0.29) is 12.3 Å². The van der Waals surface area contributed by atoms with Gasteiger partial charge in [-0.15, -0.1) is 0 Å². The summed E-state index contributed by atoms with van der Waals surface area (Å²) in [6, 6.07) is 8.09. The van der Waals surface area contributed by atoms with E-state index in [4.69, 9.17) is 10.4 Å². The van der Waals surface area contributed by atoms with E-state index < -0.39 is 5.97 Å². The summed E-state index contributed by atoms with van der Waals surface area (Å²) < 4.78 is 0. The molecule has 0 amide bonds. The van der Waals surface area contributed by atoms with Crippen molar-refractivity contribution in [2.24, 2.45) is 0 Å².